The van der Waals surface area contributed by atoms with Gasteiger partial charge in [-0.2, -0.15) is 5.10 Å². The molecule has 4 aromatic rings. The molecule has 0 atom stereocenters. The first-order valence-corrected chi connectivity index (χ1v) is 8.90. The quantitative estimate of drug-likeness (QED) is 0.604. The van der Waals surface area contributed by atoms with Gasteiger partial charge in [0.25, 0.3) is 0 Å². The standard InChI is InChI=1S/C19H19FN6/c1-12-8-18-22-16(4-7-26(18)24-12)14-9-15(20)19-23-17(11-25(19)10-14)13-2-5-21-6-3-13/h4,7-11,13,21H,2-3,5-6H2,1H3. The van der Waals surface area contributed by atoms with E-state index in [9.17, 15) is 4.39 Å². The summed E-state index contributed by atoms with van der Waals surface area (Å²) in [4.78, 5) is 9.15. The van der Waals surface area contributed by atoms with E-state index >= 15 is 0 Å². The average molecular weight is 350 g/mol. The summed E-state index contributed by atoms with van der Waals surface area (Å²) in [6.45, 7) is 3.90. The molecule has 0 spiro atoms. The molecule has 0 amide bonds. The smallest absolute Gasteiger partial charge is 0.173 e. The molecule has 0 bridgehead atoms. The molecule has 0 saturated carbocycles. The van der Waals surface area contributed by atoms with Gasteiger partial charge in [-0.25, -0.2) is 18.9 Å². The number of rotatable bonds is 2. The molecular weight excluding hydrogens is 331 g/mol. The molecule has 1 saturated heterocycles. The number of halogens is 1. The highest BCUT2D eigenvalue weighted by molar-refractivity contribution is 5.63. The van der Waals surface area contributed by atoms with Crippen LogP contribution in [0.2, 0.25) is 0 Å². The number of hydrogen-bond donors (Lipinski definition) is 1. The summed E-state index contributed by atoms with van der Waals surface area (Å²) in [5, 5.41) is 7.68. The first kappa shape index (κ1) is 15.5. The van der Waals surface area contributed by atoms with Gasteiger partial charge < -0.3 is 9.72 Å². The van der Waals surface area contributed by atoms with Gasteiger partial charge in [-0.1, -0.05) is 0 Å². The lowest BCUT2D eigenvalue weighted by atomic mass is 9.95. The van der Waals surface area contributed by atoms with Crippen LogP contribution in [0.1, 0.15) is 30.1 Å². The van der Waals surface area contributed by atoms with Crippen molar-refractivity contribution in [2.45, 2.75) is 25.7 Å². The summed E-state index contributed by atoms with van der Waals surface area (Å²) in [6, 6.07) is 5.27. The lowest BCUT2D eigenvalue weighted by Gasteiger charge is -2.20. The summed E-state index contributed by atoms with van der Waals surface area (Å²) in [7, 11) is 0. The predicted molar refractivity (Wildman–Crippen MR) is 96.7 cm³/mol. The molecule has 7 heteroatoms. The molecule has 26 heavy (non-hydrogen) atoms. The maximum atomic E-state index is 14.7. The first-order chi connectivity index (χ1) is 12.7. The molecule has 0 aliphatic carbocycles. The number of hydrogen-bond acceptors (Lipinski definition) is 4. The van der Waals surface area contributed by atoms with Crippen LogP contribution in [0.5, 0.6) is 0 Å². The van der Waals surface area contributed by atoms with Gasteiger partial charge in [0.1, 0.15) is 0 Å². The zero-order valence-electron chi connectivity index (χ0n) is 14.5. The van der Waals surface area contributed by atoms with Gasteiger partial charge in [0.05, 0.1) is 17.1 Å². The lowest BCUT2D eigenvalue weighted by Crippen LogP contribution is -2.26. The molecule has 5 heterocycles. The number of aryl methyl sites for hydroxylation is 1. The molecule has 4 aromatic heterocycles. The topological polar surface area (TPSA) is 59.5 Å². The van der Waals surface area contributed by atoms with Crippen molar-refractivity contribution < 1.29 is 4.39 Å². The zero-order chi connectivity index (χ0) is 17.7. The maximum Gasteiger partial charge on any atom is 0.173 e. The fourth-order valence-corrected chi connectivity index (χ4v) is 3.69. The largest absolute Gasteiger partial charge is 0.317 e. The molecule has 1 fully saturated rings. The van der Waals surface area contributed by atoms with E-state index in [1.165, 1.54) is 6.07 Å². The number of aromatic nitrogens is 5. The summed E-state index contributed by atoms with van der Waals surface area (Å²) >= 11 is 0. The third-order valence-electron chi connectivity index (χ3n) is 5.02. The number of piperidine rings is 1. The lowest BCUT2D eigenvalue weighted by molar-refractivity contribution is 0.454. The number of nitrogens with zero attached hydrogens (tertiary/aromatic N) is 5. The molecule has 1 N–H and O–H groups in total. The van der Waals surface area contributed by atoms with Crippen LogP contribution < -0.4 is 5.32 Å². The van der Waals surface area contributed by atoms with Crippen LogP contribution in [-0.2, 0) is 0 Å². The van der Waals surface area contributed by atoms with E-state index in [2.05, 4.69) is 20.4 Å². The van der Waals surface area contributed by atoms with Gasteiger partial charge in [-0.3, -0.25) is 0 Å². The Hall–Kier alpha value is -2.80. The number of pyridine rings is 1. The SMILES string of the molecule is Cc1cc2nc(-c3cc(F)c4nc(C5CCNCC5)cn4c3)ccn2n1. The highest BCUT2D eigenvalue weighted by Gasteiger charge is 2.19. The third kappa shape index (κ3) is 2.55. The van der Waals surface area contributed by atoms with E-state index < -0.39 is 0 Å². The predicted octanol–water partition coefficient (Wildman–Crippen LogP) is 2.96. The number of imidazole rings is 1. The highest BCUT2D eigenvalue weighted by Crippen LogP contribution is 2.27. The van der Waals surface area contributed by atoms with E-state index in [1.807, 2.05) is 37.6 Å². The summed E-state index contributed by atoms with van der Waals surface area (Å²) in [5.74, 6) is 0.0669. The fourth-order valence-electron chi connectivity index (χ4n) is 3.69. The maximum absolute atomic E-state index is 14.7. The number of fused-ring (bicyclic) bond motifs is 2. The van der Waals surface area contributed by atoms with Crippen molar-refractivity contribution in [2.75, 3.05) is 13.1 Å². The van der Waals surface area contributed by atoms with Crippen LogP contribution in [-0.4, -0.2) is 37.1 Å². The van der Waals surface area contributed by atoms with E-state index in [1.54, 1.807) is 8.92 Å². The van der Waals surface area contributed by atoms with E-state index in [4.69, 9.17) is 0 Å². The Kier molecular flexibility index (Phi) is 3.49. The second-order valence-electron chi connectivity index (χ2n) is 6.90. The first-order valence-electron chi connectivity index (χ1n) is 8.90. The Labute approximate surface area is 149 Å². The monoisotopic (exact) mass is 350 g/mol. The van der Waals surface area contributed by atoms with Crippen LogP contribution in [0.4, 0.5) is 4.39 Å². The molecule has 0 unspecified atom stereocenters. The fraction of sp³-hybridized carbons (Fsp3) is 0.316. The van der Waals surface area contributed by atoms with Crippen LogP contribution in [0.15, 0.2) is 36.8 Å². The summed E-state index contributed by atoms with van der Waals surface area (Å²) in [5.41, 5.74) is 4.45. The van der Waals surface area contributed by atoms with Crippen molar-refractivity contribution in [3.8, 4) is 11.3 Å². The summed E-state index contributed by atoms with van der Waals surface area (Å²) in [6.07, 6.45) is 7.78. The zero-order valence-corrected chi connectivity index (χ0v) is 14.5. The van der Waals surface area contributed by atoms with Crippen LogP contribution in [0.3, 0.4) is 0 Å². The van der Waals surface area contributed by atoms with E-state index in [0.29, 0.717) is 11.6 Å². The molecule has 6 nitrogen and oxygen atoms in total. The van der Waals surface area contributed by atoms with E-state index in [-0.39, 0.29) is 5.82 Å². The van der Waals surface area contributed by atoms with Crippen molar-refractivity contribution in [1.82, 2.24) is 29.3 Å². The van der Waals surface area contributed by atoms with Crippen molar-refractivity contribution in [3.63, 3.8) is 0 Å². The second-order valence-corrected chi connectivity index (χ2v) is 6.90. The summed E-state index contributed by atoms with van der Waals surface area (Å²) < 4.78 is 18.2. The van der Waals surface area contributed by atoms with Crippen molar-refractivity contribution >= 4 is 11.3 Å². The van der Waals surface area contributed by atoms with E-state index in [0.717, 1.165) is 54.2 Å². The van der Waals surface area contributed by atoms with Gasteiger partial charge in [0.15, 0.2) is 17.1 Å². The van der Waals surface area contributed by atoms with Crippen LogP contribution >= 0.6 is 0 Å². The number of nitrogens with one attached hydrogen (secondary N) is 1. The van der Waals surface area contributed by atoms with Gasteiger partial charge >= 0.3 is 0 Å². The van der Waals surface area contributed by atoms with Gasteiger partial charge in [0.2, 0.25) is 0 Å². The Morgan fingerprint density at radius 3 is 2.85 bits per heavy atom. The van der Waals surface area contributed by atoms with Gasteiger partial charge in [-0.05, 0) is 45.0 Å². The Balaban J connectivity index is 1.58. The molecular formula is C19H19FN6. The van der Waals surface area contributed by atoms with Crippen molar-refractivity contribution in [1.29, 1.82) is 0 Å². The van der Waals surface area contributed by atoms with Crippen molar-refractivity contribution in [3.05, 3.63) is 54.0 Å². The molecule has 132 valence electrons. The Bertz CT molecular complexity index is 1110. The second kappa shape index (κ2) is 5.88. The minimum atomic E-state index is -0.325. The van der Waals surface area contributed by atoms with Crippen LogP contribution in [0, 0.1) is 12.7 Å². The van der Waals surface area contributed by atoms with Crippen LogP contribution in [0.25, 0.3) is 22.6 Å². The molecule has 0 aromatic carbocycles. The Morgan fingerprint density at radius 2 is 2.00 bits per heavy atom. The minimum absolute atomic E-state index is 0.325. The Morgan fingerprint density at radius 1 is 1.15 bits per heavy atom. The highest BCUT2D eigenvalue weighted by atomic mass is 19.1. The molecule has 0 radical (unpaired) electrons. The normalized spacial score (nSPS) is 15.9. The molecule has 5 rings (SSSR count). The minimum Gasteiger partial charge on any atom is -0.317 e. The van der Waals surface area contributed by atoms with Gasteiger partial charge in [-0.15, -0.1) is 0 Å². The average Bonchev–Trinajstić information content (AvgIpc) is 3.24. The molecule has 1 aliphatic rings. The van der Waals surface area contributed by atoms with Gasteiger partial charge in [0, 0.05) is 36.1 Å². The van der Waals surface area contributed by atoms with Crippen molar-refractivity contribution in [2.24, 2.45) is 0 Å². The third-order valence-corrected chi connectivity index (χ3v) is 5.02. The molecule has 1 aliphatic heterocycles.